The topological polar surface area (TPSA) is 0 Å². The molecule has 0 nitrogen and oxygen atoms in total. The fourth-order valence-electron chi connectivity index (χ4n) is 2.16. The molecule has 11 heavy (non-hydrogen) atoms. The summed E-state index contributed by atoms with van der Waals surface area (Å²) < 4.78 is 1.36. The largest absolute Gasteiger partial charge is 0.0833 e. The monoisotopic (exact) mass is 208 g/mol. The van der Waals surface area contributed by atoms with Crippen LogP contribution in [0.25, 0.3) is 0 Å². The third-order valence-electron chi connectivity index (χ3n) is 2.94. The van der Waals surface area contributed by atoms with Gasteiger partial charge in [-0.2, -0.15) is 0 Å². The van der Waals surface area contributed by atoms with Gasteiger partial charge < -0.3 is 0 Å². The van der Waals surface area contributed by atoms with Crippen LogP contribution in [0.1, 0.15) is 0 Å². The summed E-state index contributed by atoms with van der Waals surface area (Å²) in [6, 6.07) is 0. The maximum Gasteiger partial charge on any atom is 0.0262 e. The highest BCUT2D eigenvalue weighted by molar-refractivity contribution is 9.11. The lowest BCUT2D eigenvalue weighted by atomic mass is 10.1. The molecule has 0 N–H and O–H groups in total. The molecule has 0 aromatic rings. The molecule has 0 aromatic heterocycles. The molecule has 0 aliphatic heterocycles. The molecule has 0 heterocycles. The molecule has 0 spiro atoms. The first kappa shape index (κ1) is 6.24. The fourth-order valence-corrected chi connectivity index (χ4v) is 2.77. The number of hydrogen-bond acceptors (Lipinski definition) is 0. The quantitative estimate of drug-likeness (QED) is 0.538. The van der Waals surface area contributed by atoms with Crippen molar-refractivity contribution < 1.29 is 0 Å². The lowest BCUT2D eigenvalue weighted by molar-refractivity contribution is 1.000. The summed E-state index contributed by atoms with van der Waals surface area (Å²) in [6.45, 7) is 0. The number of allylic oxidation sites excluding steroid dienone is 6. The third kappa shape index (κ3) is 0.750. The lowest BCUT2D eigenvalue weighted by Gasteiger charge is -2.02. The highest BCUT2D eigenvalue weighted by Crippen LogP contribution is 2.54. The Balaban J connectivity index is 2.17. The van der Waals surface area contributed by atoms with Crippen LogP contribution >= 0.6 is 15.9 Å². The van der Waals surface area contributed by atoms with Crippen LogP contribution in [0.5, 0.6) is 0 Å². The van der Waals surface area contributed by atoms with Gasteiger partial charge in [-0.05, 0) is 17.8 Å². The third-order valence-corrected chi connectivity index (χ3v) is 3.74. The summed E-state index contributed by atoms with van der Waals surface area (Å²) in [4.78, 5) is 0. The minimum Gasteiger partial charge on any atom is -0.0833 e. The molecule has 0 radical (unpaired) electrons. The van der Waals surface area contributed by atoms with Crippen molar-refractivity contribution in [3.63, 3.8) is 0 Å². The molecule has 56 valence electrons. The van der Waals surface area contributed by atoms with Crippen molar-refractivity contribution in [1.82, 2.24) is 0 Å². The molecule has 4 aliphatic carbocycles. The molecule has 1 saturated carbocycles. The average Bonchev–Trinajstić information content (AvgIpc) is 2.65. The Morgan fingerprint density at radius 1 is 0.909 bits per heavy atom. The second kappa shape index (κ2) is 1.89. The van der Waals surface area contributed by atoms with Crippen LogP contribution in [-0.4, -0.2) is 0 Å². The number of rotatable bonds is 0. The van der Waals surface area contributed by atoms with Crippen LogP contribution < -0.4 is 0 Å². The van der Waals surface area contributed by atoms with Crippen molar-refractivity contribution in [1.29, 1.82) is 0 Å². The second-order valence-electron chi connectivity index (χ2n) is 3.58. The van der Waals surface area contributed by atoms with Crippen molar-refractivity contribution in [3.8, 4) is 0 Å². The standard InChI is InChI=1S/C10H9Br/c11-10-5-9-7-3-1-6(10)2-4-8(7)9/h1-9H. The second-order valence-corrected chi connectivity index (χ2v) is 4.49. The van der Waals surface area contributed by atoms with E-state index in [1.165, 1.54) is 4.48 Å². The minimum atomic E-state index is 0.537. The average molecular weight is 209 g/mol. The van der Waals surface area contributed by atoms with Crippen LogP contribution in [-0.2, 0) is 0 Å². The van der Waals surface area contributed by atoms with Crippen LogP contribution in [0.3, 0.4) is 0 Å². The van der Waals surface area contributed by atoms with Crippen LogP contribution in [0.4, 0.5) is 0 Å². The Bertz CT molecular complexity index is 265. The summed E-state index contributed by atoms with van der Waals surface area (Å²) in [5.41, 5.74) is 0. The Morgan fingerprint density at radius 2 is 1.55 bits per heavy atom. The first-order valence-electron chi connectivity index (χ1n) is 4.10. The van der Waals surface area contributed by atoms with E-state index in [9.17, 15) is 0 Å². The van der Waals surface area contributed by atoms with E-state index in [4.69, 9.17) is 0 Å². The van der Waals surface area contributed by atoms with Crippen molar-refractivity contribution in [2.75, 3.05) is 0 Å². The molecule has 0 amide bonds. The van der Waals surface area contributed by atoms with Crippen molar-refractivity contribution in [2.45, 2.75) is 0 Å². The van der Waals surface area contributed by atoms with Gasteiger partial charge in [0.25, 0.3) is 0 Å². The molecule has 1 fully saturated rings. The predicted octanol–water partition coefficient (Wildman–Crippen LogP) is 2.88. The molecule has 1 heteroatoms. The first-order chi connectivity index (χ1) is 5.36. The SMILES string of the molecule is BrC1=CC2C3C=CC1C=CC32. The summed E-state index contributed by atoms with van der Waals surface area (Å²) in [5.74, 6) is 3.00. The van der Waals surface area contributed by atoms with Crippen LogP contribution in [0.15, 0.2) is 34.9 Å². The molecule has 2 unspecified atom stereocenters. The van der Waals surface area contributed by atoms with Crippen LogP contribution in [0, 0.1) is 23.7 Å². The minimum absolute atomic E-state index is 0.537. The molecule has 4 rings (SSSR count). The van der Waals surface area contributed by atoms with E-state index in [0.29, 0.717) is 5.92 Å². The van der Waals surface area contributed by atoms with Gasteiger partial charge in [0, 0.05) is 10.4 Å². The molecule has 4 aliphatic rings. The maximum absolute atomic E-state index is 3.62. The Labute approximate surface area is 74.8 Å². The summed E-state index contributed by atoms with van der Waals surface area (Å²) in [5, 5.41) is 0. The predicted molar refractivity (Wildman–Crippen MR) is 49.3 cm³/mol. The van der Waals surface area contributed by atoms with Gasteiger partial charge in [0.05, 0.1) is 0 Å². The molecule has 0 saturated heterocycles. The highest BCUT2D eigenvalue weighted by Gasteiger charge is 2.47. The summed E-state index contributed by atoms with van der Waals surface area (Å²) in [6.07, 6.45) is 11.8. The van der Waals surface area contributed by atoms with E-state index in [1.54, 1.807) is 0 Å². The van der Waals surface area contributed by atoms with Gasteiger partial charge in [-0.25, -0.2) is 0 Å². The van der Waals surface area contributed by atoms with Crippen molar-refractivity contribution >= 4 is 15.9 Å². The molecule has 4 bridgehead atoms. The van der Waals surface area contributed by atoms with Crippen molar-refractivity contribution in [2.24, 2.45) is 23.7 Å². The van der Waals surface area contributed by atoms with E-state index < -0.39 is 0 Å². The van der Waals surface area contributed by atoms with E-state index in [0.717, 1.165) is 17.8 Å². The zero-order chi connectivity index (χ0) is 7.42. The van der Waals surface area contributed by atoms with Gasteiger partial charge in [-0.1, -0.05) is 46.3 Å². The first-order valence-corrected chi connectivity index (χ1v) is 4.89. The van der Waals surface area contributed by atoms with E-state index in [2.05, 4.69) is 46.3 Å². The van der Waals surface area contributed by atoms with E-state index >= 15 is 0 Å². The number of halogens is 1. The summed E-state index contributed by atoms with van der Waals surface area (Å²) in [7, 11) is 0. The fraction of sp³-hybridized carbons (Fsp3) is 0.400. The zero-order valence-electron chi connectivity index (χ0n) is 6.07. The molecule has 2 atom stereocenters. The van der Waals surface area contributed by atoms with E-state index in [-0.39, 0.29) is 0 Å². The molecular weight excluding hydrogens is 200 g/mol. The van der Waals surface area contributed by atoms with Gasteiger partial charge in [-0.15, -0.1) is 0 Å². The summed E-state index contributed by atoms with van der Waals surface area (Å²) >= 11 is 3.62. The van der Waals surface area contributed by atoms with E-state index in [1.807, 2.05) is 0 Å². The van der Waals surface area contributed by atoms with Gasteiger partial charge in [0.2, 0.25) is 0 Å². The molecule has 0 aromatic carbocycles. The Morgan fingerprint density at radius 3 is 2.18 bits per heavy atom. The Kier molecular flexibility index (Phi) is 1.07. The zero-order valence-corrected chi connectivity index (χ0v) is 7.66. The highest BCUT2D eigenvalue weighted by atomic mass is 79.9. The Hall–Kier alpha value is -0.300. The van der Waals surface area contributed by atoms with Crippen LogP contribution in [0.2, 0.25) is 0 Å². The normalized spacial score (nSPS) is 50.1. The molecular formula is C10H9Br. The van der Waals surface area contributed by atoms with Gasteiger partial charge >= 0.3 is 0 Å². The van der Waals surface area contributed by atoms with Gasteiger partial charge in [0.15, 0.2) is 0 Å². The van der Waals surface area contributed by atoms with Crippen molar-refractivity contribution in [3.05, 3.63) is 34.9 Å². The van der Waals surface area contributed by atoms with Gasteiger partial charge in [0.1, 0.15) is 0 Å². The van der Waals surface area contributed by atoms with Gasteiger partial charge in [-0.3, -0.25) is 0 Å². The smallest absolute Gasteiger partial charge is 0.0262 e. The number of hydrogen-bond donors (Lipinski definition) is 0. The lowest BCUT2D eigenvalue weighted by Crippen LogP contribution is -1.87. The maximum atomic E-state index is 3.62.